The first-order valence-electron chi connectivity index (χ1n) is 6.48. The molecule has 2 atom stereocenters. The third kappa shape index (κ3) is 8.15. The number of hydrogen-bond acceptors (Lipinski definition) is 2. The van der Waals surface area contributed by atoms with E-state index in [0.29, 0.717) is 0 Å². The van der Waals surface area contributed by atoms with Crippen LogP contribution in [0.3, 0.4) is 0 Å². The summed E-state index contributed by atoms with van der Waals surface area (Å²) in [6.07, 6.45) is 3.80. The Hall–Kier alpha value is 0.310. The van der Waals surface area contributed by atoms with E-state index < -0.39 is 0 Å². The van der Waals surface area contributed by atoms with Gasteiger partial charge in [0.2, 0.25) is 0 Å². The van der Waals surface area contributed by atoms with E-state index in [4.69, 9.17) is 0 Å². The van der Waals surface area contributed by atoms with Crippen molar-refractivity contribution < 1.29 is 0 Å². The zero-order valence-electron chi connectivity index (χ0n) is 11.2. The quantitative estimate of drug-likeness (QED) is 0.645. The maximum atomic E-state index is 3.64. The van der Waals surface area contributed by atoms with Crippen LogP contribution in [0.4, 0.5) is 0 Å². The van der Waals surface area contributed by atoms with Crippen LogP contribution >= 0.6 is 11.8 Å². The predicted molar refractivity (Wildman–Crippen MR) is 73.7 cm³/mol. The molecule has 0 aromatic carbocycles. The molecule has 0 rings (SSSR count). The first kappa shape index (κ1) is 15.3. The maximum absolute atomic E-state index is 3.64. The lowest BCUT2D eigenvalue weighted by Gasteiger charge is -2.19. The van der Waals surface area contributed by atoms with Crippen molar-refractivity contribution in [2.45, 2.75) is 65.2 Å². The van der Waals surface area contributed by atoms with E-state index in [1.807, 2.05) is 0 Å². The van der Waals surface area contributed by atoms with E-state index in [-0.39, 0.29) is 0 Å². The van der Waals surface area contributed by atoms with E-state index in [1.165, 1.54) is 25.0 Å². The van der Waals surface area contributed by atoms with Crippen LogP contribution < -0.4 is 5.32 Å². The molecule has 0 fully saturated rings. The molecule has 0 bridgehead atoms. The Morgan fingerprint density at radius 3 is 2.07 bits per heavy atom. The summed E-state index contributed by atoms with van der Waals surface area (Å²) < 4.78 is 0. The summed E-state index contributed by atoms with van der Waals surface area (Å²) in [5, 5.41) is 4.39. The predicted octanol–water partition coefficient (Wildman–Crippen LogP) is 3.93. The third-order valence-electron chi connectivity index (χ3n) is 3.04. The van der Waals surface area contributed by atoms with E-state index in [2.05, 4.69) is 51.7 Å². The lowest BCUT2D eigenvalue weighted by atomic mass is 10.2. The Labute approximate surface area is 101 Å². The molecule has 0 aromatic rings. The standard InChI is InChI=1S/C13H29NS/c1-6-11(4)10-15-12(5)9-14-13(7-2)8-3/h11-14H,6-10H2,1-5H3. The summed E-state index contributed by atoms with van der Waals surface area (Å²) >= 11 is 2.11. The van der Waals surface area contributed by atoms with E-state index >= 15 is 0 Å². The number of hydrogen-bond donors (Lipinski definition) is 1. The van der Waals surface area contributed by atoms with Crippen LogP contribution in [0.2, 0.25) is 0 Å². The molecular weight excluding hydrogens is 202 g/mol. The first-order chi connectivity index (χ1) is 7.13. The van der Waals surface area contributed by atoms with Crippen LogP contribution in [0, 0.1) is 5.92 Å². The minimum atomic E-state index is 0.719. The van der Waals surface area contributed by atoms with Gasteiger partial charge in [0, 0.05) is 17.8 Å². The molecule has 0 aliphatic carbocycles. The third-order valence-corrected chi connectivity index (χ3v) is 4.54. The van der Waals surface area contributed by atoms with Crippen molar-refractivity contribution in [3.63, 3.8) is 0 Å². The molecule has 2 heteroatoms. The molecule has 0 aromatic heterocycles. The van der Waals surface area contributed by atoms with Gasteiger partial charge in [0.15, 0.2) is 0 Å². The van der Waals surface area contributed by atoms with Crippen molar-refractivity contribution in [1.82, 2.24) is 5.32 Å². The Kier molecular flexibility index (Phi) is 9.73. The molecule has 92 valence electrons. The summed E-state index contributed by atoms with van der Waals surface area (Å²) in [7, 11) is 0. The van der Waals surface area contributed by atoms with Gasteiger partial charge < -0.3 is 5.32 Å². The fraction of sp³-hybridized carbons (Fsp3) is 1.00. The van der Waals surface area contributed by atoms with E-state index in [1.54, 1.807) is 0 Å². The van der Waals surface area contributed by atoms with Crippen molar-refractivity contribution in [2.75, 3.05) is 12.3 Å². The average Bonchev–Trinajstić information content (AvgIpc) is 2.27. The SMILES string of the molecule is CCC(C)CSC(C)CNC(CC)CC. The van der Waals surface area contributed by atoms with Gasteiger partial charge in [-0.2, -0.15) is 11.8 Å². The van der Waals surface area contributed by atoms with E-state index in [0.717, 1.165) is 23.8 Å². The van der Waals surface area contributed by atoms with Gasteiger partial charge in [-0.15, -0.1) is 0 Å². The normalized spacial score (nSPS) is 15.6. The fourth-order valence-electron chi connectivity index (χ4n) is 1.42. The molecule has 0 aliphatic rings. The zero-order chi connectivity index (χ0) is 11.7. The molecule has 0 spiro atoms. The molecule has 0 saturated heterocycles. The minimum absolute atomic E-state index is 0.719. The summed E-state index contributed by atoms with van der Waals surface area (Å²) in [5.41, 5.74) is 0. The van der Waals surface area contributed by atoms with Crippen LogP contribution in [0.25, 0.3) is 0 Å². The monoisotopic (exact) mass is 231 g/mol. The number of rotatable bonds is 9. The molecule has 0 radical (unpaired) electrons. The largest absolute Gasteiger partial charge is 0.313 e. The van der Waals surface area contributed by atoms with Crippen LogP contribution in [-0.2, 0) is 0 Å². The summed E-state index contributed by atoms with van der Waals surface area (Å²) in [6.45, 7) is 12.6. The van der Waals surface area contributed by atoms with Gasteiger partial charge in [-0.25, -0.2) is 0 Å². The molecule has 2 unspecified atom stereocenters. The highest BCUT2D eigenvalue weighted by Crippen LogP contribution is 2.16. The number of thioether (sulfide) groups is 1. The molecule has 0 heterocycles. The average molecular weight is 231 g/mol. The highest BCUT2D eigenvalue weighted by Gasteiger charge is 2.08. The summed E-state index contributed by atoms with van der Waals surface area (Å²) in [6, 6.07) is 0.719. The van der Waals surface area contributed by atoms with Crippen molar-refractivity contribution in [3.05, 3.63) is 0 Å². The molecule has 0 amide bonds. The first-order valence-corrected chi connectivity index (χ1v) is 7.53. The molecule has 1 nitrogen and oxygen atoms in total. The smallest absolute Gasteiger partial charge is 0.0144 e. The minimum Gasteiger partial charge on any atom is -0.313 e. The van der Waals surface area contributed by atoms with Gasteiger partial charge in [-0.1, -0.05) is 41.0 Å². The zero-order valence-corrected chi connectivity index (χ0v) is 12.0. The van der Waals surface area contributed by atoms with Crippen LogP contribution in [0.15, 0.2) is 0 Å². The molecule has 0 saturated carbocycles. The Morgan fingerprint density at radius 1 is 1.00 bits per heavy atom. The Bertz CT molecular complexity index is 134. The van der Waals surface area contributed by atoms with Crippen LogP contribution in [0.5, 0.6) is 0 Å². The second kappa shape index (κ2) is 9.53. The Morgan fingerprint density at radius 2 is 1.60 bits per heavy atom. The van der Waals surface area contributed by atoms with Crippen molar-refractivity contribution in [1.29, 1.82) is 0 Å². The van der Waals surface area contributed by atoms with Gasteiger partial charge in [0.05, 0.1) is 0 Å². The van der Waals surface area contributed by atoms with Crippen LogP contribution in [0.1, 0.15) is 53.9 Å². The summed E-state index contributed by atoms with van der Waals surface area (Å²) in [4.78, 5) is 0. The number of nitrogens with one attached hydrogen (secondary N) is 1. The van der Waals surface area contributed by atoms with Crippen molar-refractivity contribution >= 4 is 11.8 Å². The molecule has 1 N–H and O–H groups in total. The molecule has 0 aliphatic heterocycles. The van der Waals surface area contributed by atoms with Gasteiger partial charge in [-0.3, -0.25) is 0 Å². The highest BCUT2D eigenvalue weighted by molar-refractivity contribution is 7.99. The van der Waals surface area contributed by atoms with Crippen molar-refractivity contribution in [3.8, 4) is 0 Å². The lowest BCUT2D eigenvalue weighted by molar-refractivity contribution is 0.487. The van der Waals surface area contributed by atoms with E-state index in [9.17, 15) is 0 Å². The second-order valence-electron chi connectivity index (χ2n) is 4.58. The topological polar surface area (TPSA) is 12.0 Å². The molecular formula is C13H29NS. The van der Waals surface area contributed by atoms with Gasteiger partial charge in [0.1, 0.15) is 0 Å². The van der Waals surface area contributed by atoms with Crippen LogP contribution in [-0.4, -0.2) is 23.6 Å². The summed E-state index contributed by atoms with van der Waals surface area (Å²) in [5.74, 6) is 2.17. The fourth-order valence-corrected chi connectivity index (χ4v) is 2.52. The van der Waals surface area contributed by atoms with Gasteiger partial charge >= 0.3 is 0 Å². The van der Waals surface area contributed by atoms with Gasteiger partial charge in [-0.05, 0) is 24.5 Å². The Balaban J connectivity index is 3.51. The van der Waals surface area contributed by atoms with Gasteiger partial charge in [0.25, 0.3) is 0 Å². The maximum Gasteiger partial charge on any atom is 0.0144 e. The molecule has 15 heavy (non-hydrogen) atoms. The second-order valence-corrected chi connectivity index (χ2v) is 6.05. The van der Waals surface area contributed by atoms with Crippen molar-refractivity contribution in [2.24, 2.45) is 5.92 Å². The lowest BCUT2D eigenvalue weighted by Crippen LogP contribution is -2.32. The highest BCUT2D eigenvalue weighted by atomic mass is 32.2.